The van der Waals surface area contributed by atoms with Crippen molar-refractivity contribution in [2.24, 2.45) is 7.05 Å². The summed E-state index contributed by atoms with van der Waals surface area (Å²) in [6.45, 7) is 3.73. The summed E-state index contributed by atoms with van der Waals surface area (Å²) in [5.41, 5.74) is 1.48. The van der Waals surface area contributed by atoms with E-state index in [4.69, 9.17) is 11.6 Å². The van der Waals surface area contributed by atoms with Gasteiger partial charge in [-0.05, 0) is 13.8 Å². The predicted molar refractivity (Wildman–Crippen MR) is 83.0 cm³/mol. The summed E-state index contributed by atoms with van der Waals surface area (Å²) in [5.74, 6) is -0.197. The van der Waals surface area contributed by atoms with Crippen LogP contribution in [0.15, 0.2) is 6.20 Å². The molecule has 0 fully saturated rings. The number of carbonyl (C=O) groups is 1. The highest BCUT2D eigenvalue weighted by Gasteiger charge is 2.21. The van der Waals surface area contributed by atoms with Gasteiger partial charge in [-0.3, -0.25) is 24.3 Å². The van der Waals surface area contributed by atoms with E-state index in [0.29, 0.717) is 22.1 Å². The molecule has 124 valence electrons. The van der Waals surface area contributed by atoms with Crippen LogP contribution in [0.4, 0.5) is 5.69 Å². The molecule has 0 aliphatic heterocycles. The molecular formula is C13H17ClN6O3. The summed E-state index contributed by atoms with van der Waals surface area (Å²) in [7, 11) is 1.74. The molecule has 0 radical (unpaired) electrons. The molecule has 1 N–H and O–H groups in total. The molecule has 0 aliphatic rings. The third-order valence-corrected chi connectivity index (χ3v) is 3.86. The number of hydrogen-bond acceptors (Lipinski definition) is 5. The quantitative estimate of drug-likeness (QED) is 0.633. The molecule has 0 aromatic carbocycles. The number of aryl methyl sites for hydroxylation is 3. The van der Waals surface area contributed by atoms with Gasteiger partial charge < -0.3 is 5.32 Å². The van der Waals surface area contributed by atoms with Crippen molar-refractivity contribution in [3.8, 4) is 0 Å². The zero-order chi connectivity index (χ0) is 17.1. The Morgan fingerprint density at radius 2 is 2.17 bits per heavy atom. The fraction of sp³-hybridized carbons (Fsp3) is 0.462. The van der Waals surface area contributed by atoms with E-state index < -0.39 is 4.92 Å². The van der Waals surface area contributed by atoms with Crippen LogP contribution in [0.3, 0.4) is 0 Å². The maximum absolute atomic E-state index is 11.9. The van der Waals surface area contributed by atoms with Crippen molar-refractivity contribution in [3.05, 3.63) is 38.4 Å². The van der Waals surface area contributed by atoms with Gasteiger partial charge in [-0.2, -0.15) is 10.2 Å². The maximum atomic E-state index is 11.9. The summed E-state index contributed by atoms with van der Waals surface area (Å²) in [6, 6.07) is 0. The third-order valence-electron chi connectivity index (χ3n) is 3.54. The van der Waals surface area contributed by atoms with Crippen molar-refractivity contribution in [1.29, 1.82) is 0 Å². The van der Waals surface area contributed by atoms with Gasteiger partial charge in [0, 0.05) is 13.5 Å². The molecule has 0 aliphatic carbocycles. The number of nitro groups is 1. The van der Waals surface area contributed by atoms with Crippen LogP contribution in [0.5, 0.6) is 0 Å². The number of carbonyl (C=O) groups excluding carboxylic acids is 1. The smallest absolute Gasteiger partial charge is 0.312 e. The second-order valence-electron chi connectivity index (χ2n) is 5.09. The Balaban J connectivity index is 1.93. The zero-order valence-corrected chi connectivity index (χ0v) is 13.8. The van der Waals surface area contributed by atoms with Crippen molar-refractivity contribution >= 4 is 23.2 Å². The van der Waals surface area contributed by atoms with E-state index >= 15 is 0 Å². The van der Waals surface area contributed by atoms with Crippen LogP contribution in [0.25, 0.3) is 0 Å². The van der Waals surface area contributed by atoms with E-state index in [0.717, 1.165) is 0 Å². The first-order valence-electron chi connectivity index (χ1n) is 6.92. The molecule has 10 heteroatoms. The molecule has 2 aromatic heterocycles. The van der Waals surface area contributed by atoms with Gasteiger partial charge >= 0.3 is 5.69 Å². The van der Waals surface area contributed by atoms with Gasteiger partial charge in [-0.1, -0.05) is 11.6 Å². The lowest BCUT2D eigenvalue weighted by Crippen LogP contribution is -2.25. The molecule has 2 aromatic rings. The summed E-state index contributed by atoms with van der Waals surface area (Å²) < 4.78 is 3.07. The highest BCUT2D eigenvalue weighted by atomic mass is 35.5. The first-order chi connectivity index (χ1) is 10.8. The van der Waals surface area contributed by atoms with Crippen molar-refractivity contribution in [2.45, 2.75) is 33.4 Å². The Labute approximate surface area is 137 Å². The van der Waals surface area contributed by atoms with Crippen LogP contribution in [-0.4, -0.2) is 30.4 Å². The molecule has 23 heavy (non-hydrogen) atoms. The molecule has 0 saturated heterocycles. The molecule has 9 nitrogen and oxygen atoms in total. The molecule has 0 saturated carbocycles. The third kappa shape index (κ3) is 3.67. The van der Waals surface area contributed by atoms with Crippen LogP contribution in [-0.2, 0) is 24.9 Å². The summed E-state index contributed by atoms with van der Waals surface area (Å²) in [4.78, 5) is 22.4. The zero-order valence-electron chi connectivity index (χ0n) is 13.0. The average molecular weight is 341 g/mol. The SMILES string of the molecule is Cc1nn(CCC(=O)NCc2c(Cl)cnn2C)c(C)c1[N+](=O)[O-]. The van der Waals surface area contributed by atoms with E-state index in [-0.39, 0.29) is 31.1 Å². The van der Waals surface area contributed by atoms with Gasteiger partial charge in [-0.15, -0.1) is 0 Å². The lowest BCUT2D eigenvalue weighted by molar-refractivity contribution is -0.386. The molecular weight excluding hydrogens is 324 g/mol. The van der Waals surface area contributed by atoms with Crippen LogP contribution in [0, 0.1) is 24.0 Å². The Kier molecular flexibility index (Phi) is 4.99. The first kappa shape index (κ1) is 16.9. The highest BCUT2D eigenvalue weighted by Crippen LogP contribution is 2.21. The number of aromatic nitrogens is 4. The molecule has 2 rings (SSSR count). The van der Waals surface area contributed by atoms with Crippen molar-refractivity contribution in [1.82, 2.24) is 24.9 Å². The highest BCUT2D eigenvalue weighted by molar-refractivity contribution is 6.31. The van der Waals surface area contributed by atoms with E-state index in [9.17, 15) is 14.9 Å². The van der Waals surface area contributed by atoms with Crippen molar-refractivity contribution < 1.29 is 9.72 Å². The topological polar surface area (TPSA) is 108 Å². The molecule has 1 amide bonds. The normalized spacial score (nSPS) is 10.8. The minimum Gasteiger partial charge on any atom is -0.350 e. The van der Waals surface area contributed by atoms with Crippen LogP contribution in [0.1, 0.15) is 23.5 Å². The fourth-order valence-corrected chi connectivity index (χ4v) is 2.52. The summed E-state index contributed by atoms with van der Waals surface area (Å²) in [6.07, 6.45) is 1.67. The summed E-state index contributed by atoms with van der Waals surface area (Å²) >= 11 is 5.96. The lowest BCUT2D eigenvalue weighted by Gasteiger charge is -2.07. The van der Waals surface area contributed by atoms with Crippen molar-refractivity contribution in [3.63, 3.8) is 0 Å². The van der Waals surface area contributed by atoms with Crippen molar-refractivity contribution in [2.75, 3.05) is 0 Å². The number of halogens is 1. The second-order valence-corrected chi connectivity index (χ2v) is 5.50. The summed E-state index contributed by atoms with van der Waals surface area (Å²) in [5, 5.41) is 22.3. The molecule has 0 unspecified atom stereocenters. The Morgan fingerprint density at radius 3 is 2.70 bits per heavy atom. The molecule has 0 bridgehead atoms. The van der Waals surface area contributed by atoms with Gasteiger partial charge in [0.1, 0.15) is 11.4 Å². The lowest BCUT2D eigenvalue weighted by atomic mass is 10.3. The standard InChI is InChI=1S/C13H17ClN6O3/c1-8-13(20(22)23)9(2)19(17-8)5-4-12(21)15-7-11-10(14)6-16-18(11)3/h6H,4-5,7H2,1-3H3,(H,15,21). The van der Waals surface area contributed by atoms with Crippen LogP contribution in [0.2, 0.25) is 5.02 Å². The van der Waals surface area contributed by atoms with Gasteiger partial charge in [0.05, 0.1) is 34.9 Å². The van der Waals surface area contributed by atoms with Crippen LogP contribution >= 0.6 is 11.6 Å². The maximum Gasteiger partial charge on any atom is 0.312 e. The Hall–Kier alpha value is -2.42. The van der Waals surface area contributed by atoms with E-state index in [1.54, 1.807) is 25.6 Å². The Morgan fingerprint density at radius 1 is 1.48 bits per heavy atom. The minimum absolute atomic E-state index is 0.00734. The van der Waals surface area contributed by atoms with Gasteiger partial charge in [0.2, 0.25) is 5.91 Å². The first-order valence-corrected chi connectivity index (χ1v) is 7.30. The number of hydrogen-bond donors (Lipinski definition) is 1. The molecule has 0 spiro atoms. The molecule has 2 heterocycles. The van der Waals surface area contributed by atoms with Gasteiger partial charge in [0.25, 0.3) is 0 Å². The average Bonchev–Trinajstić information content (AvgIpc) is 2.94. The number of nitrogens with one attached hydrogen (secondary N) is 1. The Bertz CT molecular complexity index is 732. The van der Waals surface area contributed by atoms with E-state index in [1.807, 2.05) is 0 Å². The van der Waals surface area contributed by atoms with Gasteiger partial charge in [-0.25, -0.2) is 0 Å². The van der Waals surface area contributed by atoms with E-state index in [1.165, 1.54) is 10.9 Å². The van der Waals surface area contributed by atoms with Gasteiger partial charge in [0.15, 0.2) is 0 Å². The van der Waals surface area contributed by atoms with Crippen LogP contribution < -0.4 is 5.32 Å². The predicted octanol–water partition coefficient (Wildman–Crippen LogP) is 1.50. The largest absolute Gasteiger partial charge is 0.350 e. The van der Waals surface area contributed by atoms with E-state index in [2.05, 4.69) is 15.5 Å². The number of rotatable bonds is 6. The number of nitrogens with zero attached hydrogens (tertiary/aromatic N) is 5. The minimum atomic E-state index is -0.460. The fourth-order valence-electron chi connectivity index (χ4n) is 2.28. The second kappa shape index (κ2) is 6.78. The monoisotopic (exact) mass is 340 g/mol. The number of amides is 1. The molecule has 0 atom stereocenters.